The highest BCUT2D eigenvalue weighted by Gasteiger charge is 2.28. The molecule has 0 aliphatic carbocycles. The average molecular weight is 312 g/mol. The van der Waals surface area contributed by atoms with E-state index >= 15 is 0 Å². The second-order valence-electron chi connectivity index (χ2n) is 5.86. The van der Waals surface area contributed by atoms with Gasteiger partial charge in [-0.2, -0.15) is 0 Å². The van der Waals surface area contributed by atoms with Crippen molar-refractivity contribution in [3.05, 3.63) is 52.4 Å². The first kappa shape index (κ1) is 14.2. The summed E-state index contributed by atoms with van der Waals surface area (Å²) in [5, 5.41) is 11.9. The standard InChI is InChI=1S/C18H16O5/c1-10-2-4-13-12-5-3-11(22-17-9-21-8-15(17)19)7-14(12)18(20)23-16(13)6-10/h2-7,15,17,19H,8-9H2,1H3. The lowest BCUT2D eigenvalue weighted by molar-refractivity contribution is 0.0734. The Labute approximate surface area is 132 Å². The van der Waals surface area contributed by atoms with E-state index in [-0.39, 0.29) is 6.61 Å². The molecule has 0 saturated carbocycles. The van der Waals surface area contributed by atoms with Crippen LogP contribution in [0.3, 0.4) is 0 Å². The highest BCUT2D eigenvalue weighted by molar-refractivity contribution is 6.04. The van der Waals surface area contributed by atoms with Gasteiger partial charge >= 0.3 is 5.63 Å². The number of rotatable bonds is 2. The zero-order chi connectivity index (χ0) is 16.0. The molecule has 1 fully saturated rings. The summed E-state index contributed by atoms with van der Waals surface area (Å²) in [6.07, 6.45) is -1.07. The van der Waals surface area contributed by atoms with Crippen LogP contribution in [0.2, 0.25) is 0 Å². The predicted octanol–water partition coefficient (Wildman–Crippen LogP) is 2.39. The van der Waals surface area contributed by atoms with E-state index in [0.717, 1.165) is 16.3 Å². The van der Waals surface area contributed by atoms with Crippen LogP contribution in [-0.4, -0.2) is 30.5 Å². The molecule has 1 saturated heterocycles. The lowest BCUT2D eigenvalue weighted by Crippen LogP contribution is -2.29. The second-order valence-corrected chi connectivity index (χ2v) is 5.86. The quantitative estimate of drug-likeness (QED) is 0.581. The maximum absolute atomic E-state index is 12.3. The summed E-state index contributed by atoms with van der Waals surface area (Å²) in [6.45, 7) is 2.56. The van der Waals surface area contributed by atoms with Gasteiger partial charge in [-0.05, 0) is 36.8 Å². The summed E-state index contributed by atoms with van der Waals surface area (Å²) in [5.74, 6) is 0.519. The highest BCUT2D eigenvalue weighted by Crippen LogP contribution is 2.27. The van der Waals surface area contributed by atoms with Crippen molar-refractivity contribution < 1.29 is 19.0 Å². The molecule has 5 nitrogen and oxygen atoms in total. The van der Waals surface area contributed by atoms with Gasteiger partial charge in [-0.25, -0.2) is 4.79 Å². The fraction of sp³-hybridized carbons (Fsp3) is 0.278. The molecule has 1 aliphatic heterocycles. The Morgan fingerprint density at radius 2 is 1.91 bits per heavy atom. The third-order valence-electron chi connectivity index (χ3n) is 4.13. The minimum Gasteiger partial charge on any atom is -0.485 e. The second kappa shape index (κ2) is 5.37. The van der Waals surface area contributed by atoms with Crippen LogP contribution >= 0.6 is 0 Å². The van der Waals surface area contributed by atoms with Crippen LogP contribution < -0.4 is 10.4 Å². The van der Waals surface area contributed by atoms with Crippen LogP contribution in [0.4, 0.5) is 0 Å². The van der Waals surface area contributed by atoms with Crippen molar-refractivity contribution in [3.8, 4) is 5.75 Å². The molecule has 23 heavy (non-hydrogen) atoms. The van der Waals surface area contributed by atoms with Crippen molar-refractivity contribution in [1.29, 1.82) is 0 Å². The molecule has 2 heterocycles. The molecule has 5 heteroatoms. The van der Waals surface area contributed by atoms with Crippen LogP contribution in [0.25, 0.3) is 21.7 Å². The molecule has 2 aromatic carbocycles. The van der Waals surface area contributed by atoms with E-state index in [1.165, 1.54) is 0 Å². The molecule has 0 radical (unpaired) electrons. The average Bonchev–Trinajstić information content (AvgIpc) is 2.92. The topological polar surface area (TPSA) is 68.9 Å². The molecule has 3 aromatic rings. The molecule has 4 rings (SSSR count). The van der Waals surface area contributed by atoms with Crippen molar-refractivity contribution in [3.63, 3.8) is 0 Å². The van der Waals surface area contributed by atoms with E-state index < -0.39 is 17.8 Å². The van der Waals surface area contributed by atoms with Crippen LogP contribution in [0, 0.1) is 6.92 Å². The van der Waals surface area contributed by atoms with Gasteiger partial charge in [0.1, 0.15) is 23.5 Å². The summed E-state index contributed by atoms with van der Waals surface area (Å²) >= 11 is 0. The van der Waals surface area contributed by atoms with E-state index in [4.69, 9.17) is 13.9 Å². The van der Waals surface area contributed by atoms with Crippen molar-refractivity contribution >= 4 is 21.7 Å². The minimum atomic E-state index is -0.651. The van der Waals surface area contributed by atoms with Crippen LogP contribution in [0.15, 0.2) is 45.6 Å². The Bertz CT molecular complexity index is 943. The summed E-state index contributed by atoms with van der Waals surface area (Å²) in [5.41, 5.74) is 1.22. The maximum Gasteiger partial charge on any atom is 0.344 e. The molecule has 118 valence electrons. The lowest BCUT2D eigenvalue weighted by atomic mass is 10.1. The van der Waals surface area contributed by atoms with E-state index in [2.05, 4.69) is 0 Å². The van der Waals surface area contributed by atoms with Gasteiger partial charge in [0, 0.05) is 10.8 Å². The molecule has 1 aliphatic rings. The Kier molecular flexibility index (Phi) is 3.32. The monoisotopic (exact) mass is 312 g/mol. The SMILES string of the molecule is Cc1ccc2c(c1)oc(=O)c1cc(OC3COCC3O)ccc12. The van der Waals surface area contributed by atoms with Gasteiger partial charge < -0.3 is 19.0 Å². The van der Waals surface area contributed by atoms with E-state index in [1.807, 2.05) is 31.2 Å². The number of aryl methyl sites for hydroxylation is 1. The molecule has 2 atom stereocenters. The molecule has 0 amide bonds. The van der Waals surface area contributed by atoms with Gasteiger partial charge in [0.25, 0.3) is 0 Å². The van der Waals surface area contributed by atoms with Gasteiger partial charge in [0.05, 0.1) is 18.6 Å². The van der Waals surface area contributed by atoms with Gasteiger partial charge in [-0.3, -0.25) is 0 Å². The smallest absolute Gasteiger partial charge is 0.344 e. The van der Waals surface area contributed by atoms with Crippen LogP contribution in [0.1, 0.15) is 5.56 Å². The Hall–Kier alpha value is -2.37. The molecule has 0 spiro atoms. The van der Waals surface area contributed by atoms with Crippen molar-refractivity contribution in [2.75, 3.05) is 13.2 Å². The number of hydrogen-bond donors (Lipinski definition) is 1. The third-order valence-corrected chi connectivity index (χ3v) is 4.13. The molecule has 0 bridgehead atoms. The molecule has 1 aromatic heterocycles. The largest absolute Gasteiger partial charge is 0.485 e. The summed E-state index contributed by atoms with van der Waals surface area (Å²) in [4.78, 5) is 12.3. The lowest BCUT2D eigenvalue weighted by Gasteiger charge is -2.15. The van der Waals surface area contributed by atoms with Crippen molar-refractivity contribution in [2.24, 2.45) is 0 Å². The van der Waals surface area contributed by atoms with E-state index in [0.29, 0.717) is 23.3 Å². The van der Waals surface area contributed by atoms with Crippen molar-refractivity contribution in [1.82, 2.24) is 0 Å². The maximum atomic E-state index is 12.3. The zero-order valence-electron chi connectivity index (χ0n) is 12.6. The molecular weight excluding hydrogens is 296 g/mol. The van der Waals surface area contributed by atoms with Gasteiger partial charge in [0.15, 0.2) is 0 Å². The minimum absolute atomic E-state index is 0.268. The number of aliphatic hydroxyl groups is 1. The molecule has 2 unspecified atom stereocenters. The summed E-state index contributed by atoms with van der Waals surface area (Å²) in [6, 6.07) is 11.1. The number of benzene rings is 2. The first-order valence-corrected chi connectivity index (χ1v) is 7.51. The van der Waals surface area contributed by atoms with E-state index in [9.17, 15) is 9.90 Å². The molecular formula is C18H16O5. The molecule has 1 N–H and O–H groups in total. The van der Waals surface area contributed by atoms with Crippen LogP contribution in [-0.2, 0) is 4.74 Å². The van der Waals surface area contributed by atoms with Gasteiger partial charge in [-0.1, -0.05) is 12.1 Å². The normalized spacial score (nSPS) is 21.1. The fourth-order valence-electron chi connectivity index (χ4n) is 2.90. The first-order valence-electron chi connectivity index (χ1n) is 7.51. The zero-order valence-corrected chi connectivity index (χ0v) is 12.6. The van der Waals surface area contributed by atoms with Crippen molar-refractivity contribution in [2.45, 2.75) is 19.1 Å². The predicted molar refractivity (Wildman–Crippen MR) is 86.0 cm³/mol. The Morgan fingerprint density at radius 3 is 2.70 bits per heavy atom. The summed E-state index contributed by atoms with van der Waals surface area (Å²) < 4.78 is 16.3. The summed E-state index contributed by atoms with van der Waals surface area (Å²) in [7, 11) is 0. The van der Waals surface area contributed by atoms with E-state index in [1.54, 1.807) is 12.1 Å². The van der Waals surface area contributed by atoms with Gasteiger partial charge in [-0.15, -0.1) is 0 Å². The Morgan fingerprint density at radius 1 is 1.09 bits per heavy atom. The number of fused-ring (bicyclic) bond motifs is 3. The van der Waals surface area contributed by atoms with Gasteiger partial charge in [0.2, 0.25) is 0 Å². The first-order chi connectivity index (χ1) is 11.1. The fourth-order valence-corrected chi connectivity index (χ4v) is 2.90. The highest BCUT2D eigenvalue weighted by atomic mass is 16.6. The Balaban J connectivity index is 1.82. The number of aliphatic hydroxyl groups excluding tert-OH is 1. The number of ether oxygens (including phenoxy) is 2. The third kappa shape index (κ3) is 2.48. The number of hydrogen-bond acceptors (Lipinski definition) is 5. The van der Waals surface area contributed by atoms with Crippen LogP contribution in [0.5, 0.6) is 5.75 Å².